The van der Waals surface area contributed by atoms with E-state index in [2.05, 4.69) is 33.0 Å². The maximum absolute atomic E-state index is 12.8. The van der Waals surface area contributed by atoms with Gasteiger partial charge in [0.15, 0.2) is 0 Å². The van der Waals surface area contributed by atoms with E-state index < -0.39 is 0 Å². The van der Waals surface area contributed by atoms with E-state index in [0.29, 0.717) is 24.3 Å². The molecule has 0 spiro atoms. The molecular weight excluding hydrogens is 334 g/mol. The van der Waals surface area contributed by atoms with Crippen LogP contribution in [0, 0.1) is 5.92 Å². The molecule has 1 amide bonds. The van der Waals surface area contributed by atoms with Gasteiger partial charge in [-0.25, -0.2) is 0 Å². The SMILES string of the molecule is O=C(CCc1ccccc1)N1C[C@@H]2CCCCN(Cc3cccnc3)[C@@H]2C1. The van der Waals surface area contributed by atoms with Gasteiger partial charge in [0.2, 0.25) is 5.91 Å². The lowest BCUT2D eigenvalue weighted by molar-refractivity contribution is -0.130. The fourth-order valence-corrected chi connectivity index (χ4v) is 4.62. The Morgan fingerprint density at radius 3 is 2.70 bits per heavy atom. The van der Waals surface area contributed by atoms with Crippen LogP contribution in [0.5, 0.6) is 0 Å². The smallest absolute Gasteiger partial charge is 0.222 e. The van der Waals surface area contributed by atoms with Crippen LogP contribution in [0.25, 0.3) is 0 Å². The summed E-state index contributed by atoms with van der Waals surface area (Å²) in [5.74, 6) is 0.929. The first-order valence-corrected chi connectivity index (χ1v) is 10.2. The zero-order chi connectivity index (χ0) is 18.5. The molecule has 0 unspecified atom stereocenters. The highest BCUT2D eigenvalue weighted by Gasteiger charge is 2.39. The molecule has 1 aromatic carbocycles. The van der Waals surface area contributed by atoms with Crippen LogP contribution in [-0.2, 0) is 17.8 Å². The van der Waals surface area contributed by atoms with Gasteiger partial charge in [0, 0.05) is 44.5 Å². The Morgan fingerprint density at radius 1 is 1.04 bits per heavy atom. The molecule has 2 atom stereocenters. The summed E-state index contributed by atoms with van der Waals surface area (Å²) in [4.78, 5) is 21.8. The number of nitrogens with zero attached hydrogens (tertiary/aromatic N) is 3. The number of aromatic nitrogens is 1. The molecule has 2 aromatic rings. The third-order valence-corrected chi connectivity index (χ3v) is 6.08. The number of carbonyl (C=O) groups is 1. The standard InChI is InChI=1S/C23H29N3O/c27-23(12-11-19-7-2-1-3-8-19)26-17-21-10-4-5-14-25(22(21)18-26)16-20-9-6-13-24-15-20/h1-3,6-9,13,15,21-22H,4-5,10-12,14,16-18H2/t21-,22+/m0/s1. The number of pyridine rings is 1. The van der Waals surface area contributed by atoms with Crippen LogP contribution >= 0.6 is 0 Å². The third-order valence-electron chi connectivity index (χ3n) is 6.08. The maximum Gasteiger partial charge on any atom is 0.222 e. The second-order valence-corrected chi connectivity index (χ2v) is 7.94. The molecule has 27 heavy (non-hydrogen) atoms. The lowest BCUT2D eigenvalue weighted by Crippen LogP contribution is -2.40. The lowest BCUT2D eigenvalue weighted by atomic mass is 9.98. The normalized spacial score (nSPS) is 23.0. The van der Waals surface area contributed by atoms with Crippen molar-refractivity contribution in [2.24, 2.45) is 5.92 Å². The van der Waals surface area contributed by atoms with Crippen molar-refractivity contribution >= 4 is 5.91 Å². The molecule has 0 saturated carbocycles. The van der Waals surface area contributed by atoms with Crippen molar-refractivity contribution in [3.8, 4) is 0 Å². The number of fused-ring (bicyclic) bond motifs is 1. The zero-order valence-electron chi connectivity index (χ0n) is 16.0. The quantitative estimate of drug-likeness (QED) is 0.815. The van der Waals surface area contributed by atoms with Crippen LogP contribution in [0.3, 0.4) is 0 Å². The van der Waals surface area contributed by atoms with Crippen molar-refractivity contribution in [2.45, 2.75) is 44.7 Å². The van der Waals surface area contributed by atoms with Crippen molar-refractivity contribution in [3.05, 3.63) is 66.0 Å². The first-order chi connectivity index (χ1) is 13.3. The van der Waals surface area contributed by atoms with Crippen LogP contribution in [-0.4, -0.2) is 46.4 Å². The molecule has 2 fully saturated rings. The molecule has 2 aliphatic rings. The maximum atomic E-state index is 12.8. The van der Waals surface area contributed by atoms with Gasteiger partial charge in [-0.3, -0.25) is 14.7 Å². The van der Waals surface area contributed by atoms with Gasteiger partial charge in [0.1, 0.15) is 0 Å². The molecule has 4 rings (SSSR count). The number of aryl methyl sites for hydroxylation is 1. The highest BCUT2D eigenvalue weighted by Crippen LogP contribution is 2.31. The van der Waals surface area contributed by atoms with Gasteiger partial charge in [0.25, 0.3) is 0 Å². The molecule has 3 heterocycles. The van der Waals surface area contributed by atoms with Crippen LogP contribution in [0.1, 0.15) is 36.8 Å². The van der Waals surface area contributed by atoms with Crippen molar-refractivity contribution in [1.29, 1.82) is 0 Å². The van der Waals surface area contributed by atoms with E-state index in [4.69, 9.17) is 0 Å². The Morgan fingerprint density at radius 2 is 1.89 bits per heavy atom. The number of hydrogen-bond acceptors (Lipinski definition) is 3. The summed E-state index contributed by atoms with van der Waals surface area (Å²) < 4.78 is 0. The average molecular weight is 364 g/mol. The van der Waals surface area contributed by atoms with E-state index in [1.54, 1.807) is 0 Å². The summed E-state index contributed by atoms with van der Waals surface area (Å²) >= 11 is 0. The van der Waals surface area contributed by atoms with E-state index in [-0.39, 0.29) is 0 Å². The van der Waals surface area contributed by atoms with Crippen molar-refractivity contribution in [1.82, 2.24) is 14.8 Å². The van der Waals surface area contributed by atoms with E-state index in [1.807, 2.05) is 36.7 Å². The second kappa shape index (κ2) is 8.66. The largest absolute Gasteiger partial charge is 0.341 e. The lowest BCUT2D eigenvalue weighted by Gasteiger charge is -2.30. The monoisotopic (exact) mass is 363 g/mol. The van der Waals surface area contributed by atoms with E-state index in [9.17, 15) is 4.79 Å². The summed E-state index contributed by atoms with van der Waals surface area (Å²) in [5.41, 5.74) is 2.52. The molecule has 4 heteroatoms. The van der Waals surface area contributed by atoms with Crippen LogP contribution < -0.4 is 0 Å². The van der Waals surface area contributed by atoms with Gasteiger partial charge in [-0.1, -0.05) is 42.8 Å². The molecule has 1 aromatic heterocycles. The average Bonchev–Trinajstić information content (AvgIpc) is 3.06. The fraction of sp³-hybridized carbons (Fsp3) is 0.478. The summed E-state index contributed by atoms with van der Waals surface area (Å²) in [6.45, 7) is 3.89. The molecule has 2 aliphatic heterocycles. The van der Waals surface area contributed by atoms with Crippen molar-refractivity contribution in [2.75, 3.05) is 19.6 Å². The summed E-state index contributed by atoms with van der Waals surface area (Å²) in [7, 11) is 0. The number of rotatable bonds is 5. The molecule has 0 N–H and O–H groups in total. The molecule has 4 nitrogen and oxygen atoms in total. The topological polar surface area (TPSA) is 36.4 Å². The Balaban J connectivity index is 1.38. The Labute approximate surface area is 162 Å². The second-order valence-electron chi connectivity index (χ2n) is 7.94. The molecular formula is C23H29N3O. The van der Waals surface area contributed by atoms with E-state index in [0.717, 1.165) is 32.6 Å². The minimum absolute atomic E-state index is 0.313. The third kappa shape index (κ3) is 4.56. The highest BCUT2D eigenvalue weighted by molar-refractivity contribution is 5.76. The van der Waals surface area contributed by atoms with Gasteiger partial charge in [-0.2, -0.15) is 0 Å². The number of benzene rings is 1. The summed E-state index contributed by atoms with van der Waals surface area (Å²) in [5, 5.41) is 0. The Hall–Kier alpha value is -2.20. The highest BCUT2D eigenvalue weighted by atomic mass is 16.2. The minimum atomic E-state index is 0.313. The number of amides is 1. The number of carbonyl (C=O) groups excluding carboxylic acids is 1. The molecule has 2 saturated heterocycles. The van der Waals surface area contributed by atoms with Crippen molar-refractivity contribution in [3.63, 3.8) is 0 Å². The predicted octanol–water partition coefficient (Wildman–Crippen LogP) is 3.53. The summed E-state index contributed by atoms with van der Waals surface area (Å²) in [6, 6.07) is 15.0. The summed E-state index contributed by atoms with van der Waals surface area (Å²) in [6.07, 6.45) is 9.04. The Bertz CT molecular complexity index is 734. The molecule has 0 aliphatic carbocycles. The first-order valence-electron chi connectivity index (χ1n) is 10.2. The zero-order valence-corrected chi connectivity index (χ0v) is 16.0. The van der Waals surface area contributed by atoms with Crippen LogP contribution in [0.2, 0.25) is 0 Å². The predicted molar refractivity (Wildman–Crippen MR) is 107 cm³/mol. The van der Waals surface area contributed by atoms with Crippen LogP contribution in [0.4, 0.5) is 0 Å². The van der Waals surface area contributed by atoms with E-state index >= 15 is 0 Å². The van der Waals surface area contributed by atoms with E-state index in [1.165, 1.54) is 30.4 Å². The number of likely N-dealkylation sites (tertiary alicyclic amines) is 2. The van der Waals surface area contributed by atoms with Crippen molar-refractivity contribution < 1.29 is 4.79 Å². The minimum Gasteiger partial charge on any atom is -0.341 e. The fourth-order valence-electron chi connectivity index (χ4n) is 4.62. The Kier molecular flexibility index (Phi) is 5.83. The molecule has 0 bridgehead atoms. The van der Waals surface area contributed by atoms with Gasteiger partial charge >= 0.3 is 0 Å². The first kappa shape index (κ1) is 18.2. The molecule has 0 radical (unpaired) electrons. The number of hydrogen-bond donors (Lipinski definition) is 0. The van der Waals surface area contributed by atoms with Gasteiger partial charge in [-0.05, 0) is 48.9 Å². The van der Waals surface area contributed by atoms with Crippen LogP contribution in [0.15, 0.2) is 54.9 Å². The molecule has 142 valence electrons. The van der Waals surface area contributed by atoms with Gasteiger partial charge in [-0.15, -0.1) is 0 Å². The van der Waals surface area contributed by atoms with Gasteiger partial charge in [0.05, 0.1) is 0 Å². The van der Waals surface area contributed by atoms with Gasteiger partial charge < -0.3 is 4.90 Å².